The molecule has 1 N–H and O–H groups in total. The zero-order valence-electron chi connectivity index (χ0n) is 17.6. The van der Waals surface area contributed by atoms with Crippen molar-refractivity contribution in [2.75, 3.05) is 7.11 Å². The molecule has 4 rings (SSSR count). The Morgan fingerprint density at radius 1 is 1.06 bits per heavy atom. The van der Waals surface area contributed by atoms with E-state index in [1.54, 1.807) is 43.7 Å². The van der Waals surface area contributed by atoms with Crippen molar-refractivity contribution in [2.45, 2.75) is 13.5 Å². The molecule has 0 radical (unpaired) electrons. The molecule has 0 atom stereocenters. The highest BCUT2D eigenvalue weighted by Crippen LogP contribution is 2.28. The van der Waals surface area contributed by atoms with Crippen molar-refractivity contribution in [1.29, 1.82) is 0 Å². The van der Waals surface area contributed by atoms with E-state index in [9.17, 15) is 4.79 Å². The molecule has 0 fully saturated rings. The first-order valence-corrected chi connectivity index (χ1v) is 10.7. The van der Waals surface area contributed by atoms with E-state index in [2.05, 4.69) is 21.2 Å². The molecule has 4 aromatic rings. The summed E-state index contributed by atoms with van der Waals surface area (Å²) in [5, 5.41) is 6.32. The number of nitrogens with one attached hydrogen (secondary N) is 1. The van der Waals surface area contributed by atoms with Crippen LogP contribution in [0.5, 0.6) is 5.75 Å². The molecule has 0 spiro atoms. The lowest BCUT2D eigenvalue weighted by molar-refractivity contribution is 0.0955. The third kappa shape index (κ3) is 4.49. The Bertz CT molecular complexity index is 1330. The van der Waals surface area contributed by atoms with Gasteiger partial charge in [0.05, 0.1) is 23.4 Å². The van der Waals surface area contributed by atoms with E-state index in [-0.39, 0.29) is 5.91 Å². The molecule has 0 aliphatic heterocycles. The maximum Gasteiger partial charge on any atom is 0.271 e. The SMILES string of the molecule is COc1cccc(C(=O)N/N=C\c2c(C)n(Cc3ccc(Cl)c(Cl)c3)c3ccccc23)c1. The van der Waals surface area contributed by atoms with Crippen LogP contribution in [0.15, 0.2) is 71.8 Å². The average molecular weight is 466 g/mol. The van der Waals surface area contributed by atoms with Crippen molar-refractivity contribution in [1.82, 2.24) is 9.99 Å². The number of carbonyl (C=O) groups is 1. The summed E-state index contributed by atoms with van der Waals surface area (Å²) in [7, 11) is 1.56. The minimum atomic E-state index is -0.308. The normalized spacial score (nSPS) is 11.2. The fourth-order valence-electron chi connectivity index (χ4n) is 3.63. The van der Waals surface area contributed by atoms with Gasteiger partial charge in [0.2, 0.25) is 0 Å². The minimum absolute atomic E-state index is 0.308. The van der Waals surface area contributed by atoms with E-state index >= 15 is 0 Å². The molecule has 0 bridgehead atoms. The van der Waals surface area contributed by atoms with E-state index in [1.165, 1.54) is 0 Å². The summed E-state index contributed by atoms with van der Waals surface area (Å²) < 4.78 is 7.37. The van der Waals surface area contributed by atoms with Gasteiger partial charge in [0, 0.05) is 34.3 Å². The summed E-state index contributed by atoms with van der Waals surface area (Å²) in [5.41, 5.74) is 7.14. The predicted molar refractivity (Wildman–Crippen MR) is 130 cm³/mol. The van der Waals surface area contributed by atoms with Crippen LogP contribution in [0.25, 0.3) is 10.9 Å². The zero-order chi connectivity index (χ0) is 22.7. The fourth-order valence-corrected chi connectivity index (χ4v) is 3.95. The van der Waals surface area contributed by atoms with Crippen LogP contribution in [0.4, 0.5) is 0 Å². The summed E-state index contributed by atoms with van der Waals surface area (Å²) in [5.74, 6) is 0.306. The van der Waals surface area contributed by atoms with Crippen LogP contribution in [-0.4, -0.2) is 23.8 Å². The van der Waals surface area contributed by atoms with Gasteiger partial charge in [0.1, 0.15) is 5.75 Å². The van der Waals surface area contributed by atoms with Crippen molar-refractivity contribution >= 4 is 46.2 Å². The number of halogens is 2. The third-order valence-corrected chi connectivity index (χ3v) is 6.04. The molecule has 32 heavy (non-hydrogen) atoms. The molecule has 1 aromatic heterocycles. The van der Waals surface area contributed by atoms with Crippen LogP contribution in [0.2, 0.25) is 10.0 Å². The molecule has 0 saturated heterocycles. The number of benzene rings is 3. The number of hydrogen-bond donors (Lipinski definition) is 1. The standard InChI is InChI=1S/C25H21Cl2N3O2/c1-16-21(14-28-29-25(31)18-6-5-7-19(13-18)32-2)20-8-3-4-9-24(20)30(16)15-17-10-11-22(26)23(27)12-17/h3-14H,15H2,1-2H3,(H,29,31)/b28-14-. The van der Waals surface area contributed by atoms with Crippen LogP contribution >= 0.6 is 23.2 Å². The van der Waals surface area contributed by atoms with Gasteiger partial charge in [-0.3, -0.25) is 4.79 Å². The second-order valence-corrected chi connectivity index (χ2v) is 8.10. The smallest absolute Gasteiger partial charge is 0.271 e. The van der Waals surface area contributed by atoms with Crippen LogP contribution in [0.3, 0.4) is 0 Å². The van der Waals surface area contributed by atoms with E-state index in [0.717, 1.165) is 27.7 Å². The minimum Gasteiger partial charge on any atom is -0.497 e. The Kier molecular flexibility index (Phi) is 6.49. The summed E-state index contributed by atoms with van der Waals surface area (Å²) in [6.07, 6.45) is 1.68. The number of para-hydroxylation sites is 1. The Balaban J connectivity index is 1.62. The number of nitrogens with zero attached hydrogens (tertiary/aromatic N) is 2. The fraction of sp³-hybridized carbons (Fsp3) is 0.120. The highest BCUT2D eigenvalue weighted by atomic mass is 35.5. The predicted octanol–water partition coefficient (Wildman–Crippen LogP) is 6.08. The number of methoxy groups -OCH3 is 1. The van der Waals surface area contributed by atoms with Crippen molar-refractivity contribution in [3.63, 3.8) is 0 Å². The van der Waals surface area contributed by atoms with Gasteiger partial charge >= 0.3 is 0 Å². The Labute approximate surface area is 196 Å². The molecular weight excluding hydrogens is 445 g/mol. The van der Waals surface area contributed by atoms with E-state index in [1.807, 2.05) is 37.3 Å². The molecule has 1 heterocycles. The number of hydrazone groups is 1. The Hall–Kier alpha value is -3.28. The second kappa shape index (κ2) is 9.47. The number of amides is 1. The monoisotopic (exact) mass is 465 g/mol. The maximum atomic E-state index is 12.4. The first kappa shape index (κ1) is 21.9. The van der Waals surface area contributed by atoms with Crippen LogP contribution in [0.1, 0.15) is 27.2 Å². The molecule has 0 aliphatic rings. The molecule has 0 unspecified atom stereocenters. The van der Waals surface area contributed by atoms with Crippen LogP contribution < -0.4 is 10.2 Å². The van der Waals surface area contributed by atoms with Crippen molar-refractivity contribution in [3.8, 4) is 5.75 Å². The van der Waals surface area contributed by atoms with Crippen LogP contribution in [0, 0.1) is 6.92 Å². The molecule has 162 valence electrons. The molecule has 5 nitrogen and oxygen atoms in total. The molecule has 1 amide bonds. The van der Waals surface area contributed by atoms with Gasteiger partial charge < -0.3 is 9.30 Å². The van der Waals surface area contributed by atoms with Gasteiger partial charge in [-0.05, 0) is 48.9 Å². The molecular formula is C25H21Cl2N3O2. The number of hydrogen-bond acceptors (Lipinski definition) is 3. The number of fused-ring (bicyclic) bond motifs is 1. The van der Waals surface area contributed by atoms with Crippen molar-refractivity contribution in [3.05, 3.63) is 99.2 Å². The first-order chi connectivity index (χ1) is 15.5. The zero-order valence-corrected chi connectivity index (χ0v) is 19.1. The van der Waals surface area contributed by atoms with Gasteiger partial charge in [-0.1, -0.05) is 53.5 Å². The van der Waals surface area contributed by atoms with E-state index in [0.29, 0.717) is 27.9 Å². The summed E-state index contributed by atoms with van der Waals surface area (Å²) in [6.45, 7) is 2.66. The number of rotatable bonds is 6. The Morgan fingerprint density at radius 3 is 2.66 bits per heavy atom. The molecule has 0 aliphatic carbocycles. The number of carbonyl (C=O) groups excluding carboxylic acids is 1. The topological polar surface area (TPSA) is 55.6 Å². The van der Waals surface area contributed by atoms with E-state index < -0.39 is 0 Å². The van der Waals surface area contributed by atoms with E-state index in [4.69, 9.17) is 27.9 Å². The molecule has 0 saturated carbocycles. The largest absolute Gasteiger partial charge is 0.497 e. The second-order valence-electron chi connectivity index (χ2n) is 7.28. The lowest BCUT2D eigenvalue weighted by atomic mass is 10.1. The average Bonchev–Trinajstić information content (AvgIpc) is 3.07. The van der Waals surface area contributed by atoms with Gasteiger partial charge in [0.25, 0.3) is 5.91 Å². The van der Waals surface area contributed by atoms with Crippen molar-refractivity contribution in [2.24, 2.45) is 5.10 Å². The van der Waals surface area contributed by atoms with Crippen LogP contribution in [-0.2, 0) is 6.54 Å². The lowest BCUT2D eigenvalue weighted by Gasteiger charge is -2.09. The van der Waals surface area contributed by atoms with Gasteiger partial charge in [0.15, 0.2) is 0 Å². The summed E-state index contributed by atoms with van der Waals surface area (Å²) in [4.78, 5) is 12.4. The number of aromatic nitrogens is 1. The maximum absolute atomic E-state index is 12.4. The Morgan fingerprint density at radius 2 is 1.88 bits per heavy atom. The summed E-state index contributed by atoms with van der Waals surface area (Å²) in [6, 6.07) is 20.6. The molecule has 3 aromatic carbocycles. The first-order valence-electron chi connectivity index (χ1n) is 9.97. The third-order valence-electron chi connectivity index (χ3n) is 5.30. The highest BCUT2D eigenvalue weighted by Gasteiger charge is 2.13. The lowest BCUT2D eigenvalue weighted by Crippen LogP contribution is -2.17. The summed E-state index contributed by atoms with van der Waals surface area (Å²) >= 11 is 12.3. The van der Waals surface area contributed by atoms with Crippen molar-refractivity contribution < 1.29 is 9.53 Å². The quantitative estimate of drug-likeness (QED) is 0.277. The highest BCUT2D eigenvalue weighted by molar-refractivity contribution is 6.42. The van der Waals surface area contributed by atoms with Gasteiger partial charge in [-0.2, -0.15) is 5.10 Å². The van der Waals surface area contributed by atoms with Gasteiger partial charge in [-0.25, -0.2) is 5.43 Å². The van der Waals surface area contributed by atoms with Gasteiger partial charge in [-0.15, -0.1) is 0 Å². The number of ether oxygens (including phenoxy) is 1. The molecule has 7 heteroatoms.